The lowest BCUT2D eigenvalue weighted by Crippen LogP contribution is -2.32. The second-order valence-corrected chi connectivity index (χ2v) is 8.87. The van der Waals surface area contributed by atoms with Crippen LogP contribution in [0.5, 0.6) is 0 Å². The van der Waals surface area contributed by atoms with Crippen molar-refractivity contribution in [1.29, 1.82) is 0 Å². The van der Waals surface area contributed by atoms with Crippen molar-refractivity contribution in [2.75, 3.05) is 24.3 Å². The largest absolute Gasteiger partial charge is 0.460 e. The molecule has 34 heavy (non-hydrogen) atoms. The van der Waals surface area contributed by atoms with Gasteiger partial charge in [-0.1, -0.05) is 24.3 Å². The van der Waals surface area contributed by atoms with Crippen molar-refractivity contribution in [2.45, 2.75) is 52.8 Å². The first-order valence-electron chi connectivity index (χ1n) is 11.5. The Morgan fingerprint density at radius 2 is 2.00 bits per heavy atom. The molecule has 4 rings (SSSR count). The van der Waals surface area contributed by atoms with Crippen LogP contribution in [-0.4, -0.2) is 40.7 Å². The molecule has 2 aromatic heterocycles. The number of nitrogens with zero attached hydrogens (tertiary/aromatic N) is 4. The van der Waals surface area contributed by atoms with Crippen molar-refractivity contribution in [1.82, 2.24) is 14.5 Å². The molecule has 0 amide bonds. The smallest absolute Gasteiger partial charge is 0.302 e. The summed E-state index contributed by atoms with van der Waals surface area (Å²) < 4.78 is 7.27. The number of hydrogen-bond donors (Lipinski definition) is 1. The Morgan fingerprint density at radius 1 is 1.26 bits per heavy atom. The van der Waals surface area contributed by atoms with Crippen LogP contribution in [0.25, 0.3) is 11.4 Å². The SMILES string of the molecule is CCn1c(-c2cnc(N(C)C)cc2C)nc(C)c(N[C@@H]2c3ccccc3C[C@@H]2OC(C)=O)c1=O. The molecule has 1 aromatic carbocycles. The zero-order valence-corrected chi connectivity index (χ0v) is 20.5. The van der Waals surface area contributed by atoms with Crippen LogP contribution in [0.2, 0.25) is 0 Å². The molecule has 8 heteroatoms. The summed E-state index contributed by atoms with van der Waals surface area (Å²) in [5.41, 5.74) is 4.79. The Hall–Kier alpha value is -3.68. The molecule has 1 N–H and O–H groups in total. The highest BCUT2D eigenvalue weighted by atomic mass is 16.5. The van der Waals surface area contributed by atoms with Crippen molar-refractivity contribution < 1.29 is 9.53 Å². The number of nitrogens with one attached hydrogen (secondary N) is 1. The van der Waals surface area contributed by atoms with E-state index in [4.69, 9.17) is 9.72 Å². The van der Waals surface area contributed by atoms with E-state index in [9.17, 15) is 9.59 Å². The van der Waals surface area contributed by atoms with Gasteiger partial charge in [0.1, 0.15) is 23.4 Å². The Bertz CT molecular complexity index is 1300. The lowest BCUT2D eigenvalue weighted by molar-refractivity contribution is -0.146. The average Bonchev–Trinajstić information content (AvgIpc) is 3.12. The van der Waals surface area contributed by atoms with E-state index in [1.807, 2.05) is 70.1 Å². The highest BCUT2D eigenvalue weighted by molar-refractivity contribution is 5.67. The van der Waals surface area contributed by atoms with Gasteiger partial charge in [-0.15, -0.1) is 0 Å². The van der Waals surface area contributed by atoms with Crippen LogP contribution >= 0.6 is 0 Å². The third-order valence-corrected chi connectivity index (χ3v) is 6.26. The third kappa shape index (κ3) is 4.27. The van der Waals surface area contributed by atoms with Gasteiger partial charge in [-0.3, -0.25) is 14.2 Å². The van der Waals surface area contributed by atoms with Crippen LogP contribution in [-0.2, 0) is 22.5 Å². The minimum atomic E-state index is -0.395. The molecule has 0 radical (unpaired) electrons. The summed E-state index contributed by atoms with van der Waals surface area (Å²) in [6.45, 7) is 7.61. The molecular formula is C26H31N5O3. The number of carbonyl (C=O) groups is 1. The van der Waals surface area contributed by atoms with Crippen molar-refractivity contribution >= 4 is 17.5 Å². The number of carbonyl (C=O) groups excluding carboxylic acids is 1. The van der Waals surface area contributed by atoms with Gasteiger partial charge < -0.3 is 15.0 Å². The maximum absolute atomic E-state index is 13.7. The van der Waals surface area contributed by atoms with Gasteiger partial charge in [-0.05, 0) is 43.5 Å². The monoisotopic (exact) mass is 461 g/mol. The molecular weight excluding hydrogens is 430 g/mol. The van der Waals surface area contributed by atoms with E-state index >= 15 is 0 Å². The van der Waals surface area contributed by atoms with Crippen LogP contribution < -0.4 is 15.8 Å². The van der Waals surface area contributed by atoms with Gasteiger partial charge in [0.05, 0.1) is 11.7 Å². The Morgan fingerprint density at radius 3 is 2.65 bits per heavy atom. The van der Waals surface area contributed by atoms with E-state index < -0.39 is 6.10 Å². The third-order valence-electron chi connectivity index (χ3n) is 6.26. The van der Waals surface area contributed by atoms with Crippen molar-refractivity contribution in [3.63, 3.8) is 0 Å². The van der Waals surface area contributed by atoms with E-state index in [-0.39, 0.29) is 17.6 Å². The predicted octanol–water partition coefficient (Wildman–Crippen LogP) is 3.65. The fourth-order valence-corrected chi connectivity index (χ4v) is 4.55. The van der Waals surface area contributed by atoms with Crippen molar-refractivity contribution in [3.8, 4) is 11.4 Å². The van der Waals surface area contributed by atoms with Crippen LogP contribution in [0.1, 0.15) is 42.3 Å². The van der Waals surface area contributed by atoms with Crippen LogP contribution in [0.4, 0.5) is 11.5 Å². The summed E-state index contributed by atoms with van der Waals surface area (Å²) >= 11 is 0. The number of fused-ring (bicyclic) bond motifs is 1. The number of esters is 1. The number of aromatic nitrogens is 3. The number of anilines is 2. The molecule has 8 nitrogen and oxygen atoms in total. The number of pyridine rings is 1. The van der Waals surface area contributed by atoms with Crippen molar-refractivity contribution in [3.05, 3.63) is 69.3 Å². The van der Waals surface area contributed by atoms with E-state index in [0.29, 0.717) is 30.2 Å². The predicted molar refractivity (Wildman–Crippen MR) is 133 cm³/mol. The molecule has 178 valence electrons. The molecule has 1 aliphatic carbocycles. The average molecular weight is 462 g/mol. The zero-order valence-electron chi connectivity index (χ0n) is 20.5. The fraction of sp³-hybridized carbons (Fsp3) is 0.385. The summed E-state index contributed by atoms with van der Waals surface area (Å²) in [7, 11) is 3.88. The molecule has 0 unspecified atom stereocenters. The van der Waals surface area contributed by atoms with Gasteiger partial charge in [0.2, 0.25) is 0 Å². The van der Waals surface area contributed by atoms with Gasteiger partial charge in [0.25, 0.3) is 5.56 Å². The summed E-state index contributed by atoms with van der Waals surface area (Å²) in [5, 5.41) is 3.39. The molecule has 1 aliphatic rings. The second-order valence-electron chi connectivity index (χ2n) is 8.87. The summed E-state index contributed by atoms with van der Waals surface area (Å²) in [6.07, 6.45) is 1.98. The molecule has 0 saturated heterocycles. The summed E-state index contributed by atoms with van der Waals surface area (Å²) in [5.74, 6) is 1.09. The van der Waals surface area contributed by atoms with Crippen molar-refractivity contribution in [2.24, 2.45) is 0 Å². The van der Waals surface area contributed by atoms with Gasteiger partial charge in [0.15, 0.2) is 0 Å². The van der Waals surface area contributed by atoms with Gasteiger partial charge in [0, 0.05) is 45.7 Å². The Labute approximate surface area is 199 Å². The lowest BCUT2D eigenvalue weighted by atomic mass is 10.1. The zero-order chi connectivity index (χ0) is 24.6. The summed E-state index contributed by atoms with van der Waals surface area (Å²) in [6, 6.07) is 9.62. The highest BCUT2D eigenvalue weighted by Gasteiger charge is 2.35. The van der Waals surface area contributed by atoms with Crippen LogP contribution in [0.15, 0.2) is 41.3 Å². The molecule has 0 saturated carbocycles. The Kier molecular flexibility index (Phi) is 6.41. The normalized spacial score (nSPS) is 16.8. The lowest BCUT2D eigenvalue weighted by Gasteiger charge is -2.24. The maximum atomic E-state index is 13.7. The first-order valence-corrected chi connectivity index (χ1v) is 11.5. The van der Waals surface area contributed by atoms with Gasteiger partial charge in [-0.25, -0.2) is 9.97 Å². The van der Waals surface area contributed by atoms with E-state index in [2.05, 4.69) is 10.3 Å². The molecule has 0 spiro atoms. The molecule has 2 heterocycles. The number of hydrogen-bond acceptors (Lipinski definition) is 7. The number of benzene rings is 1. The molecule has 0 bridgehead atoms. The quantitative estimate of drug-likeness (QED) is 0.561. The van der Waals surface area contributed by atoms with E-state index in [1.54, 1.807) is 10.8 Å². The second kappa shape index (κ2) is 9.29. The molecule has 0 aliphatic heterocycles. The number of ether oxygens (including phenoxy) is 1. The molecule has 3 aromatic rings. The Balaban J connectivity index is 1.77. The minimum Gasteiger partial charge on any atom is -0.460 e. The minimum absolute atomic E-state index is 0.160. The maximum Gasteiger partial charge on any atom is 0.302 e. The number of rotatable bonds is 6. The first kappa shape index (κ1) is 23.5. The molecule has 0 fully saturated rings. The van der Waals surface area contributed by atoms with Crippen LogP contribution in [0.3, 0.4) is 0 Å². The summed E-state index contributed by atoms with van der Waals surface area (Å²) in [4.78, 5) is 36.7. The first-order chi connectivity index (χ1) is 16.2. The number of aryl methyl sites for hydroxylation is 2. The topological polar surface area (TPSA) is 89.3 Å². The fourth-order valence-electron chi connectivity index (χ4n) is 4.55. The highest BCUT2D eigenvalue weighted by Crippen LogP contribution is 2.36. The van der Waals surface area contributed by atoms with E-state index in [1.165, 1.54) is 6.92 Å². The van der Waals surface area contributed by atoms with Gasteiger partial charge in [-0.2, -0.15) is 0 Å². The van der Waals surface area contributed by atoms with Gasteiger partial charge >= 0.3 is 5.97 Å². The molecule has 2 atom stereocenters. The standard InChI is InChI=1S/C26H31N5O3/c1-7-31-25(20-14-27-22(30(5)6)12-15(20)2)28-16(3)23(26(31)33)29-24-19-11-9-8-10-18(19)13-21(24)34-17(4)32/h8-12,14,21,24,29H,7,13H2,1-6H3/t21-,24+/m0/s1. The van der Waals surface area contributed by atoms with E-state index in [0.717, 1.165) is 28.1 Å². The van der Waals surface area contributed by atoms with Crippen LogP contribution in [0, 0.1) is 13.8 Å².